The number of carboxylic acids is 1. The average Bonchev–Trinajstić information content (AvgIpc) is 2.90. The summed E-state index contributed by atoms with van der Waals surface area (Å²) in [6.45, 7) is 3.08. The molecular formula is C31H41NO5. The van der Waals surface area contributed by atoms with Crippen LogP contribution >= 0.6 is 0 Å². The number of hydrogen-bond acceptors (Lipinski definition) is 5. The Balaban J connectivity index is 0.000000214. The van der Waals surface area contributed by atoms with Crippen molar-refractivity contribution in [1.29, 1.82) is 0 Å². The SMILES string of the molecule is CC(=O)c1cccc(CC(=O)C2CCCCC2)c1.CC(=O)c1cccc(N)c1.O=C(O)C1CCCCC1. The molecule has 0 radical (unpaired) electrons. The minimum Gasteiger partial charge on any atom is -0.481 e. The smallest absolute Gasteiger partial charge is 0.306 e. The Kier molecular flexibility index (Phi) is 12.7. The molecule has 2 aromatic carbocycles. The van der Waals surface area contributed by atoms with Crippen LogP contribution in [0.1, 0.15) is 104 Å². The molecule has 6 nitrogen and oxygen atoms in total. The molecule has 0 aliphatic heterocycles. The average molecular weight is 508 g/mol. The van der Waals surface area contributed by atoms with Crippen LogP contribution in [0.3, 0.4) is 0 Å². The highest BCUT2D eigenvalue weighted by atomic mass is 16.4. The van der Waals surface area contributed by atoms with Crippen molar-refractivity contribution in [2.45, 2.75) is 84.5 Å². The van der Waals surface area contributed by atoms with Gasteiger partial charge in [-0.2, -0.15) is 0 Å². The highest BCUT2D eigenvalue weighted by Crippen LogP contribution is 2.26. The highest BCUT2D eigenvalue weighted by molar-refractivity contribution is 5.95. The van der Waals surface area contributed by atoms with Crippen molar-refractivity contribution < 1.29 is 24.3 Å². The molecule has 2 aromatic rings. The summed E-state index contributed by atoms with van der Waals surface area (Å²) in [6.07, 6.45) is 11.4. The lowest BCUT2D eigenvalue weighted by molar-refractivity contribution is -0.142. The Bertz CT molecular complexity index is 1050. The lowest BCUT2D eigenvalue weighted by atomic mass is 9.84. The van der Waals surface area contributed by atoms with E-state index >= 15 is 0 Å². The van der Waals surface area contributed by atoms with Crippen molar-refractivity contribution in [3.8, 4) is 0 Å². The van der Waals surface area contributed by atoms with Gasteiger partial charge >= 0.3 is 5.97 Å². The van der Waals surface area contributed by atoms with E-state index in [1.165, 1.54) is 32.6 Å². The Labute approximate surface area is 220 Å². The number of benzene rings is 2. The van der Waals surface area contributed by atoms with Gasteiger partial charge in [0.05, 0.1) is 5.92 Å². The van der Waals surface area contributed by atoms with Crippen LogP contribution < -0.4 is 5.73 Å². The third-order valence-electron chi connectivity index (χ3n) is 7.02. The zero-order valence-corrected chi connectivity index (χ0v) is 22.2. The zero-order chi connectivity index (χ0) is 27.2. The van der Waals surface area contributed by atoms with Crippen LogP contribution in [-0.2, 0) is 16.0 Å². The van der Waals surface area contributed by atoms with E-state index in [1.54, 1.807) is 37.3 Å². The van der Waals surface area contributed by atoms with E-state index in [0.29, 0.717) is 29.0 Å². The lowest BCUT2D eigenvalue weighted by Gasteiger charge is -2.20. The number of Topliss-reactive ketones (excluding diaryl/α,β-unsaturated/α-hetero) is 3. The predicted octanol–water partition coefficient (Wildman–Crippen LogP) is 6.70. The Morgan fingerprint density at radius 2 is 1.22 bits per heavy atom. The van der Waals surface area contributed by atoms with Crippen LogP contribution in [-0.4, -0.2) is 28.4 Å². The van der Waals surface area contributed by atoms with E-state index in [2.05, 4.69) is 0 Å². The summed E-state index contributed by atoms with van der Waals surface area (Å²) < 4.78 is 0. The van der Waals surface area contributed by atoms with Crippen LogP contribution in [0.25, 0.3) is 0 Å². The molecule has 0 bridgehead atoms. The molecule has 0 heterocycles. The molecule has 0 aromatic heterocycles. The second-order valence-corrected chi connectivity index (χ2v) is 10.1. The molecule has 2 aliphatic rings. The summed E-state index contributed by atoms with van der Waals surface area (Å²) in [6, 6.07) is 14.4. The fourth-order valence-corrected chi connectivity index (χ4v) is 4.78. The highest BCUT2D eigenvalue weighted by Gasteiger charge is 2.21. The Morgan fingerprint density at radius 3 is 1.65 bits per heavy atom. The third-order valence-corrected chi connectivity index (χ3v) is 7.02. The third kappa shape index (κ3) is 11.1. The topological polar surface area (TPSA) is 115 Å². The van der Waals surface area contributed by atoms with Gasteiger partial charge in [0.25, 0.3) is 0 Å². The second kappa shape index (κ2) is 15.7. The summed E-state index contributed by atoms with van der Waals surface area (Å²) in [5.41, 5.74) is 8.41. The van der Waals surface area contributed by atoms with Gasteiger partial charge in [-0.3, -0.25) is 19.2 Å². The molecule has 3 N–H and O–H groups in total. The van der Waals surface area contributed by atoms with Gasteiger partial charge in [-0.05, 0) is 63.3 Å². The molecule has 37 heavy (non-hydrogen) atoms. The maximum Gasteiger partial charge on any atom is 0.306 e. The minimum absolute atomic E-state index is 0.0289. The molecule has 2 saturated carbocycles. The Morgan fingerprint density at radius 1 is 0.730 bits per heavy atom. The molecular weight excluding hydrogens is 466 g/mol. The van der Waals surface area contributed by atoms with Gasteiger partial charge in [0, 0.05) is 29.2 Å². The number of anilines is 1. The van der Waals surface area contributed by atoms with Crippen molar-refractivity contribution in [2.75, 3.05) is 5.73 Å². The van der Waals surface area contributed by atoms with Gasteiger partial charge in [-0.1, -0.05) is 68.9 Å². The monoisotopic (exact) mass is 507 g/mol. The number of rotatable bonds is 6. The maximum atomic E-state index is 12.2. The van der Waals surface area contributed by atoms with E-state index in [4.69, 9.17) is 10.8 Å². The predicted molar refractivity (Wildman–Crippen MR) is 147 cm³/mol. The molecule has 200 valence electrons. The van der Waals surface area contributed by atoms with Crippen LogP contribution in [0.15, 0.2) is 48.5 Å². The van der Waals surface area contributed by atoms with Crippen LogP contribution in [0, 0.1) is 11.8 Å². The zero-order valence-electron chi connectivity index (χ0n) is 22.2. The standard InChI is InChI=1S/C16H20O2.C8H9NO.C7H12O2/c1-12(17)15-9-5-6-13(10-15)11-16(18)14-7-3-2-4-8-14;1-6(10)7-3-2-4-8(9)5-7;8-7(9)6-4-2-1-3-5-6/h5-6,9-10,14H,2-4,7-8,11H2,1H3;2-5H,9H2,1H3;6H,1-5H2,(H,8,9). The van der Waals surface area contributed by atoms with E-state index in [1.807, 2.05) is 18.2 Å². The van der Waals surface area contributed by atoms with E-state index in [-0.39, 0.29) is 23.4 Å². The van der Waals surface area contributed by atoms with Gasteiger partial charge in [0.15, 0.2) is 11.6 Å². The van der Waals surface area contributed by atoms with Gasteiger partial charge < -0.3 is 10.8 Å². The minimum atomic E-state index is -0.602. The second-order valence-electron chi connectivity index (χ2n) is 10.1. The Hall–Kier alpha value is -3.28. The number of nitrogens with two attached hydrogens (primary N) is 1. The van der Waals surface area contributed by atoms with E-state index in [0.717, 1.165) is 44.1 Å². The van der Waals surface area contributed by atoms with Crippen LogP contribution in [0.5, 0.6) is 0 Å². The largest absolute Gasteiger partial charge is 0.481 e. The molecule has 2 fully saturated rings. The summed E-state index contributed by atoms with van der Waals surface area (Å²) in [5, 5.41) is 8.54. The maximum absolute atomic E-state index is 12.2. The number of nitrogen functional groups attached to an aromatic ring is 1. The first-order valence-corrected chi connectivity index (χ1v) is 13.4. The molecule has 2 aliphatic carbocycles. The van der Waals surface area contributed by atoms with Crippen molar-refractivity contribution in [3.05, 3.63) is 65.2 Å². The van der Waals surface area contributed by atoms with E-state index in [9.17, 15) is 19.2 Å². The number of ketones is 3. The van der Waals surface area contributed by atoms with E-state index < -0.39 is 5.97 Å². The fourth-order valence-electron chi connectivity index (χ4n) is 4.78. The van der Waals surface area contributed by atoms with Crippen molar-refractivity contribution in [1.82, 2.24) is 0 Å². The normalized spacial score (nSPS) is 15.8. The number of carbonyl (C=O) groups excluding carboxylic acids is 3. The lowest BCUT2D eigenvalue weighted by Crippen LogP contribution is -2.19. The van der Waals surface area contributed by atoms with Crippen molar-refractivity contribution >= 4 is 29.0 Å². The molecule has 4 rings (SSSR count). The number of carboxylic acid groups (broad SMARTS) is 1. The summed E-state index contributed by atoms with van der Waals surface area (Å²) in [5.74, 6) is 0.0675. The van der Waals surface area contributed by atoms with Crippen LogP contribution in [0.2, 0.25) is 0 Å². The number of hydrogen-bond donors (Lipinski definition) is 2. The quantitative estimate of drug-likeness (QED) is 0.332. The molecule has 0 amide bonds. The summed E-state index contributed by atoms with van der Waals surface area (Å²) in [4.78, 5) is 44.6. The molecule has 0 unspecified atom stereocenters. The first-order valence-electron chi connectivity index (χ1n) is 13.4. The molecule has 6 heteroatoms. The number of aliphatic carboxylic acids is 1. The first kappa shape index (κ1) is 29.9. The van der Waals surface area contributed by atoms with Gasteiger partial charge in [-0.25, -0.2) is 0 Å². The summed E-state index contributed by atoms with van der Waals surface area (Å²) in [7, 11) is 0. The summed E-state index contributed by atoms with van der Waals surface area (Å²) >= 11 is 0. The fraction of sp³-hybridized carbons (Fsp3) is 0.484. The van der Waals surface area contributed by atoms with Gasteiger partial charge in [-0.15, -0.1) is 0 Å². The first-order chi connectivity index (χ1) is 17.7. The van der Waals surface area contributed by atoms with Gasteiger partial charge in [0.1, 0.15) is 5.78 Å². The van der Waals surface area contributed by atoms with Gasteiger partial charge in [0.2, 0.25) is 0 Å². The number of carbonyl (C=O) groups is 4. The molecule has 0 atom stereocenters. The van der Waals surface area contributed by atoms with Crippen LogP contribution in [0.4, 0.5) is 5.69 Å². The molecule has 0 saturated heterocycles. The van der Waals surface area contributed by atoms with Crippen molar-refractivity contribution in [3.63, 3.8) is 0 Å². The molecule has 0 spiro atoms. The van der Waals surface area contributed by atoms with Crippen molar-refractivity contribution in [2.24, 2.45) is 11.8 Å².